The second-order valence-electron chi connectivity index (χ2n) is 5.42. The van der Waals surface area contributed by atoms with E-state index in [2.05, 4.69) is 27.1 Å². The third kappa shape index (κ3) is 4.95. The van der Waals surface area contributed by atoms with Gasteiger partial charge < -0.3 is 10.2 Å². The molecule has 0 bridgehead atoms. The fourth-order valence-corrected chi connectivity index (χ4v) is 2.59. The molecule has 2 heterocycles. The standard InChI is InChI=1S/C15H23ClN4O/c1-3-13-10-12(11-14(16)18-13)15(21)17-4-5-20-8-6-19(2)7-9-20/h10-11H,3-9H2,1-2H3,(H,17,21). The summed E-state index contributed by atoms with van der Waals surface area (Å²) in [6.07, 6.45) is 0.766. The Kier molecular flexibility index (Phi) is 5.96. The highest BCUT2D eigenvalue weighted by atomic mass is 35.5. The van der Waals surface area contributed by atoms with Crippen molar-refractivity contribution in [3.8, 4) is 0 Å². The number of carbonyl (C=O) groups excluding carboxylic acids is 1. The molecule has 0 spiro atoms. The number of amides is 1. The number of aryl methyl sites for hydroxylation is 1. The van der Waals surface area contributed by atoms with Crippen LogP contribution in [-0.4, -0.2) is 67.0 Å². The predicted molar refractivity (Wildman–Crippen MR) is 84.9 cm³/mol. The Balaban J connectivity index is 1.80. The number of hydrogen-bond donors (Lipinski definition) is 1. The second kappa shape index (κ2) is 7.73. The van der Waals surface area contributed by atoms with Crippen LogP contribution >= 0.6 is 11.6 Å². The van der Waals surface area contributed by atoms with Crippen molar-refractivity contribution in [3.63, 3.8) is 0 Å². The van der Waals surface area contributed by atoms with E-state index in [9.17, 15) is 4.79 Å². The molecule has 1 N–H and O–H groups in total. The van der Waals surface area contributed by atoms with Crippen LogP contribution in [-0.2, 0) is 6.42 Å². The molecule has 116 valence electrons. The zero-order chi connectivity index (χ0) is 15.2. The molecule has 0 radical (unpaired) electrons. The van der Waals surface area contributed by atoms with Crippen molar-refractivity contribution in [2.24, 2.45) is 0 Å². The molecule has 1 aromatic heterocycles. The first-order valence-electron chi connectivity index (χ1n) is 7.44. The van der Waals surface area contributed by atoms with Crippen LogP contribution in [0.1, 0.15) is 23.0 Å². The van der Waals surface area contributed by atoms with Crippen molar-refractivity contribution < 1.29 is 4.79 Å². The van der Waals surface area contributed by atoms with Gasteiger partial charge in [-0.3, -0.25) is 9.69 Å². The molecule has 21 heavy (non-hydrogen) atoms. The fourth-order valence-electron chi connectivity index (χ4n) is 2.36. The van der Waals surface area contributed by atoms with Crippen LogP contribution in [0.2, 0.25) is 5.15 Å². The zero-order valence-electron chi connectivity index (χ0n) is 12.7. The van der Waals surface area contributed by atoms with Gasteiger partial charge in [-0.25, -0.2) is 4.98 Å². The quantitative estimate of drug-likeness (QED) is 0.832. The van der Waals surface area contributed by atoms with Crippen molar-refractivity contribution in [2.75, 3.05) is 46.3 Å². The smallest absolute Gasteiger partial charge is 0.251 e. The first-order valence-corrected chi connectivity index (χ1v) is 7.82. The van der Waals surface area contributed by atoms with Gasteiger partial charge in [0.15, 0.2) is 0 Å². The minimum atomic E-state index is -0.0804. The molecule has 1 amide bonds. The second-order valence-corrected chi connectivity index (χ2v) is 5.81. The maximum absolute atomic E-state index is 12.1. The first-order chi connectivity index (χ1) is 10.1. The Morgan fingerprint density at radius 1 is 1.33 bits per heavy atom. The summed E-state index contributed by atoms with van der Waals surface area (Å²) in [6, 6.07) is 3.42. The summed E-state index contributed by atoms with van der Waals surface area (Å²) in [6.45, 7) is 7.85. The summed E-state index contributed by atoms with van der Waals surface area (Å²) in [4.78, 5) is 21.0. The molecule has 0 atom stereocenters. The molecule has 6 heteroatoms. The average molecular weight is 311 g/mol. The van der Waals surface area contributed by atoms with E-state index in [1.165, 1.54) is 0 Å². The fraction of sp³-hybridized carbons (Fsp3) is 0.600. The minimum Gasteiger partial charge on any atom is -0.351 e. The van der Waals surface area contributed by atoms with E-state index in [0.717, 1.165) is 44.8 Å². The van der Waals surface area contributed by atoms with E-state index in [0.29, 0.717) is 17.3 Å². The maximum Gasteiger partial charge on any atom is 0.251 e. The Morgan fingerprint density at radius 2 is 2.05 bits per heavy atom. The summed E-state index contributed by atoms with van der Waals surface area (Å²) in [5.41, 5.74) is 1.43. The molecular formula is C15H23ClN4O. The number of carbonyl (C=O) groups is 1. The van der Waals surface area contributed by atoms with E-state index < -0.39 is 0 Å². The van der Waals surface area contributed by atoms with Gasteiger partial charge in [-0.2, -0.15) is 0 Å². The topological polar surface area (TPSA) is 48.5 Å². The Labute approximate surface area is 131 Å². The highest BCUT2D eigenvalue weighted by Crippen LogP contribution is 2.11. The lowest BCUT2D eigenvalue weighted by atomic mass is 10.2. The Bertz CT molecular complexity index is 487. The molecule has 1 aliphatic heterocycles. The lowest BCUT2D eigenvalue weighted by Crippen LogP contribution is -2.46. The number of pyridine rings is 1. The van der Waals surface area contributed by atoms with Gasteiger partial charge in [0.05, 0.1) is 0 Å². The maximum atomic E-state index is 12.1. The summed E-state index contributed by atoms with van der Waals surface area (Å²) in [7, 11) is 2.14. The number of nitrogens with one attached hydrogen (secondary N) is 1. The molecule has 1 fully saturated rings. The van der Waals surface area contributed by atoms with Crippen LogP contribution in [0.3, 0.4) is 0 Å². The van der Waals surface area contributed by atoms with Gasteiger partial charge in [0, 0.05) is 50.5 Å². The molecule has 2 rings (SSSR count). The van der Waals surface area contributed by atoms with Gasteiger partial charge in [0.1, 0.15) is 5.15 Å². The van der Waals surface area contributed by atoms with Gasteiger partial charge in [0.25, 0.3) is 5.91 Å². The summed E-state index contributed by atoms with van der Waals surface area (Å²) < 4.78 is 0. The molecule has 0 aromatic carbocycles. The molecular weight excluding hydrogens is 288 g/mol. The van der Waals surface area contributed by atoms with Gasteiger partial charge in [0.2, 0.25) is 0 Å². The van der Waals surface area contributed by atoms with Crippen molar-refractivity contribution in [1.29, 1.82) is 0 Å². The van der Waals surface area contributed by atoms with Crippen molar-refractivity contribution in [2.45, 2.75) is 13.3 Å². The molecule has 5 nitrogen and oxygen atoms in total. The lowest BCUT2D eigenvalue weighted by molar-refractivity contribution is 0.0941. The summed E-state index contributed by atoms with van der Waals surface area (Å²) in [5.74, 6) is -0.0804. The first kappa shape index (κ1) is 16.2. The van der Waals surface area contributed by atoms with Crippen LogP contribution in [0.25, 0.3) is 0 Å². The number of rotatable bonds is 5. The van der Waals surface area contributed by atoms with Gasteiger partial charge in [-0.05, 0) is 25.6 Å². The van der Waals surface area contributed by atoms with Crippen LogP contribution in [0.5, 0.6) is 0 Å². The molecule has 1 aliphatic rings. The van der Waals surface area contributed by atoms with E-state index in [-0.39, 0.29) is 5.91 Å². The average Bonchev–Trinajstić information content (AvgIpc) is 2.48. The Hall–Kier alpha value is -1.17. The van der Waals surface area contributed by atoms with E-state index in [4.69, 9.17) is 11.6 Å². The van der Waals surface area contributed by atoms with Crippen molar-refractivity contribution >= 4 is 17.5 Å². The molecule has 0 saturated carbocycles. The van der Waals surface area contributed by atoms with Crippen LogP contribution in [0, 0.1) is 0 Å². The number of likely N-dealkylation sites (N-methyl/N-ethyl adjacent to an activating group) is 1. The number of halogens is 1. The van der Waals surface area contributed by atoms with Crippen molar-refractivity contribution in [3.05, 3.63) is 28.5 Å². The van der Waals surface area contributed by atoms with Gasteiger partial charge in [-0.15, -0.1) is 0 Å². The van der Waals surface area contributed by atoms with E-state index in [1.54, 1.807) is 12.1 Å². The Morgan fingerprint density at radius 3 is 2.71 bits per heavy atom. The van der Waals surface area contributed by atoms with Crippen LogP contribution in [0.15, 0.2) is 12.1 Å². The number of hydrogen-bond acceptors (Lipinski definition) is 4. The van der Waals surface area contributed by atoms with Crippen molar-refractivity contribution in [1.82, 2.24) is 20.1 Å². The summed E-state index contributed by atoms with van der Waals surface area (Å²) >= 11 is 5.94. The SMILES string of the molecule is CCc1cc(C(=O)NCCN2CCN(C)CC2)cc(Cl)n1. The normalized spacial score (nSPS) is 16.9. The van der Waals surface area contributed by atoms with Gasteiger partial charge >= 0.3 is 0 Å². The largest absolute Gasteiger partial charge is 0.351 e. The predicted octanol–water partition coefficient (Wildman–Crippen LogP) is 1.27. The highest BCUT2D eigenvalue weighted by Gasteiger charge is 2.14. The molecule has 1 saturated heterocycles. The number of nitrogens with zero attached hydrogens (tertiary/aromatic N) is 3. The molecule has 0 unspecified atom stereocenters. The number of piperazine rings is 1. The van der Waals surface area contributed by atoms with Crippen LogP contribution < -0.4 is 5.32 Å². The lowest BCUT2D eigenvalue weighted by Gasteiger charge is -2.32. The zero-order valence-corrected chi connectivity index (χ0v) is 13.5. The highest BCUT2D eigenvalue weighted by molar-refractivity contribution is 6.29. The van der Waals surface area contributed by atoms with Gasteiger partial charge in [-0.1, -0.05) is 18.5 Å². The van der Waals surface area contributed by atoms with Crippen LogP contribution in [0.4, 0.5) is 0 Å². The minimum absolute atomic E-state index is 0.0804. The summed E-state index contributed by atoms with van der Waals surface area (Å²) in [5, 5.41) is 3.33. The third-order valence-corrected chi connectivity index (χ3v) is 3.97. The number of aromatic nitrogens is 1. The molecule has 1 aromatic rings. The van der Waals surface area contributed by atoms with E-state index in [1.807, 2.05) is 6.92 Å². The monoisotopic (exact) mass is 310 g/mol. The third-order valence-electron chi connectivity index (χ3n) is 3.78. The van der Waals surface area contributed by atoms with E-state index >= 15 is 0 Å². The molecule has 0 aliphatic carbocycles.